The topological polar surface area (TPSA) is 151 Å². The number of hydrogen-bond acceptors (Lipinski definition) is 4. The maximum atomic E-state index is 13.8. The van der Waals surface area contributed by atoms with Crippen molar-refractivity contribution in [2.75, 3.05) is 0 Å². The van der Waals surface area contributed by atoms with Crippen molar-refractivity contribution in [1.29, 1.82) is 0 Å². The average Bonchev–Trinajstić information content (AvgIpc) is 3.68. The minimum absolute atomic E-state index is 0.0726. The number of hydrogen-bond donors (Lipinski definition) is 6. The molecule has 43 heavy (non-hydrogen) atoms. The first-order chi connectivity index (χ1) is 20.5. The molecule has 3 atom stereocenters. The van der Waals surface area contributed by atoms with Crippen LogP contribution in [0.3, 0.4) is 0 Å². The number of Topliss-reactive ketones (excluding diaryl/α,β-unsaturated/α-hetero) is 1. The minimum atomic E-state index is -1.38. The Hall–Kier alpha value is -4.53. The summed E-state index contributed by atoms with van der Waals surface area (Å²) in [7, 11) is 0. The first-order valence-electron chi connectivity index (χ1n) is 15.0. The normalized spacial score (nSPS) is 25.0. The van der Waals surface area contributed by atoms with Gasteiger partial charge in [0.05, 0.1) is 5.69 Å². The molecule has 6 rings (SSSR count). The largest absolute Gasteiger partial charge is 0.481 e. The molecular weight excluding hydrogens is 544 g/mol. The molecule has 3 aliphatic rings. The molecule has 0 aromatic carbocycles. The molecule has 9 heteroatoms. The van der Waals surface area contributed by atoms with Crippen LogP contribution in [0.2, 0.25) is 0 Å². The highest BCUT2D eigenvalue weighted by Gasteiger charge is 2.48. The predicted octanol–water partition coefficient (Wildman–Crippen LogP) is 4.06. The van der Waals surface area contributed by atoms with E-state index in [0.29, 0.717) is 34.5 Å². The minimum Gasteiger partial charge on any atom is -0.481 e. The van der Waals surface area contributed by atoms with Crippen LogP contribution in [-0.4, -0.2) is 42.9 Å². The quantitative estimate of drug-likeness (QED) is 0.241. The van der Waals surface area contributed by atoms with Gasteiger partial charge in [-0.05, 0) is 86.1 Å². The van der Waals surface area contributed by atoms with Gasteiger partial charge in [-0.3, -0.25) is 14.4 Å². The molecule has 5 heterocycles. The van der Waals surface area contributed by atoms with E-state index in [1.807, 2.05) is 19.9 Å². The zero-order valence-electron chi connectivity index (χ0n) is 25.4. The second-order valence-corrected chi connectivity index (χ2v) is 12.0. The molecule has 3 aromatic heterocycles. The van der Waals surface area contributed by atoms with E-state index >= 15 is 0 Å². The fourth-order valence-corrected chi connectivity index (χ4v) is 7.40. The van der Waals surface area contributed by atoms with Gasteiger partial charge in [0.2, 0.25) is 0 Å². The highest BCUT2D eigenvalue weighted by Crippen LogP contribution is 2.48. The molecule has 0 spiro atoms. The van der Waals surface area contributed by atoms with E-state index in [4.69, 9.17) is 0 Å². The lowest BCUT2D eigenvalue weighted by Crippen LogP contribution is -2.24. The molecule has 0 saturated carbocycles. The zero-order valence-corrected chi connectivity index (χ0v) is 25.4. The summed E-state index contributed by atoms with van der Waals surface area (Å²) in [6.45, 7) is 12.3. The van der Waals surface area contributed by atoms with Crippen LogP contribution in [0.1, 0.15) is 94.6 Å². The Bertz CT molecular complexity index is 1910. The highest BCUT2D eigenvalue weighted by atomic mass is 16.4. The van der Waals surface area contributed by atoms with Crippen LogP contribution in [0.25, 0.3) is 23.8 Å². The third kappa shape index (κ3) is 4.32. The lowest BCUT2D eigenvalue weighted by Gasteiger charge is -2.18. The van der Waals surface area contributed by atoms with E-state index in [9.17, 15) is 24.6 Å². The van der Waals surface area contributed by atoms with E-state index in [2.05, 4.69) is 60.1 Å². The number of nitrogens with one attached hydrogen (secondary N) is 4. The van der Waals surface area contributed by atoms with Gasteiger partial charge < -0.3 is 30.5 Å². The van der Waals surface area contributed by atoms with Crippen LogP contribution in [0.15, 0.2) is 11.4 Å². The predicted molar refractivity (Wildman–Crippen MR) is 165 cm³/mol. The number of rotatable bonds is 6. The standard InChI is InChI=1S/C34H38N4O5/c1-7-18-14(3)21-11-23-16(5)20(9-10-27(39)40)31(37-23)29-30(34(42)43)33(41)28-17(6)24(38-32(28)29)13-26-19(8-2)15(4)22(36-26)12-25(18)35-21/h11-13,16,20,30,35-38H,7-10H2,1-6H3,(H,39,40)(H,42,43)/b22-12-,23-11-,26-13-,31-29-/t16-,20-,30+/m0/s1. The zero-order chi connectivity index (χ0) is 30.9. The third-order valence-electron chi connectivity index (χ3n) is 9.79. The number of aromatic nitrogens is 3. The third-order valence-corrected chi connectivity index (χ3v) is 9.79. The fraction of sp³-hybridized carbons (Fsp3) is 0.382. The summed E-state index contributed by atoms with van der Waals surface area (Å²) in [4.78, 5) is 48.8. The Balaban J connectivity index is 1.73. The van der Waals surface area contributed by atoms with Gasteiger partial charge in [0.25, 0.3) is 0 Å². The summed E-state index contributed by atoms with van der Waals surface area (Å²) >= 11 is 0. The first-order valence-corrected chi connectivity index (χ1v) is 15.0. The number of carboxylic acid groups (broad SMARTS) is 2. The number of aliphatic carboxylic acids is 2. The fourth-order valence-electron chi connectivity index (χ4n) is 7.40. The molecule has 0 unspecified atom stereocenters. The number of ketones is 1. The van der Waals surface area contributed by atoms with E-state index in [1.165, 1.54) is 11.1 Å². The summed E-state index contributed by atoms with van der Waals surface area (Å²) in [6.07, 6.45) is 8.12. The van der Waals surface area contributed by atoms with Crippen molar-refractivity contribution in [2.45, 2.75) is 67.2 Å². The Morgan fingerprint density at radius 1 is 0.837 bits per heavy atom. The number of fused-ring (bicyclic) bond motifs is 7. The van der Waals surface area contributed by atoms with Crippen molar-refractivity contribution in [3.05, 3.63) is 78.2 Å². The summed E-state index contributed by atoms with van der Waals surface area (Å²) in [6, 6.07) is 0. The first kappa shape index (κ1) is 28.6. The van der Waals surface area contributed by atoms with Crippen molar-refractivity contribution in [3.63, 3.8) is 0 Å². The van der Waals surface area contributed by atoms with E-state index in [1.54, 1.807) is 0 Å². The lowest BCUT2D eigenvalue weighted by atomic mass is 9.85. The van der Waals surface area contributed by atoms with Crippen LogP contribution in [0.4, 0.5) is 0 Å². The number of carbonyl (C=O) groups excluding carboxylic acids is 1. The highest BCUT2D eigenvalue weighted by molar-refractivity contribution is 6.24. The monoisotopic (exact) mass is 582 g/mol. The summed E-state index contributed by atoms with van der Waals surface area (Å²) in [5.74, 6) is -4.40. The van der Waals surface area contributed by atoms with E-state index < -0.39 is 23.6 Å². The molecule has 1 fully saturated rings. The molecule has 9 nitrogen and oxygen atoms in total. The SMILES string of the molecule is CCc1c2[nH]c(c1C)/C=C1\N/C(=C3\c4[nH]c(c(C)c4C(=O)[C@@H]3C(=O)O)/C=c3\[nH]/c(c(C)c3CC)=C\2)[C@@H](CCC(=O)O)[C@@H]1C. The summed E-state index contributed by atoms with van der Waals surface area (Å²) in [5.41, 5.74) is 10.8. The Kier molecular flexibility index (Phi) is 6.86. The van der Waals surface area contributed by atoms with Gasteiger partial charge in [0.15, 0.2) is 5.78 Å². The lowest BCUT2D eigenvalue weighted by molar-refractivity contribution is -0.139. The van der Waals surface area contributed by atoms with Gasteiger partial charge in [0, 0.05) is 68.6 Å². The summed E-state index contributed by atoms with van der Waals surface area (Å²) in [5, 5.41) is 25.3. The Morgan fingerprint density at radius 2 is 1.51 bits per heavy atom. The molecule has 1 aliphatic carbocycles. The molecule has 0 radical (unpaired) electrons. The Labute approximate surface area is 249 Å². The van der Waals surface area contributed by atoms with Crippen molar-refractivity contribution in [2.24, 2.45) is 17.8 Å². The van der Waals surface area contributed by atoms with Gasteiger partial charge in [-0.25, -0.2) is 0 Å². The van der Waals surface area contributed by atoms with Crippen molar-refractivity contribution in [3.8, 4) is 0 Å². The van der Waals surface area contributed by atoms with Gasteiger partial charge in [0.1, 0.15) is 5.92 Å². The number of aromatic amines is 3. The van der Waals surface area contributed by atoms with Crippen LogP contribution in [0, 0.1) is 38.5 Å². The maximum absolute atomic E-state index is 13.8. The molecule has 0 amide bonds. The smallest absolute Gasteiger partial charge is 0.319 e. The molecule has 6 N–H and O–H groups in total. The maximum Gasteiger partial charge on any atom is 0.319 e. The van der Waals surface area contributed by atoms with Crippen LogP contribution in [0.5, 0.6) is 0 Å². The number of H-pyrrole nitrogens is 3. The van der Waals surface area contributed by atoms with Crippen LogP contribution < -0.4 is 16.0 Å². The van der Waals surface area contributed by atoms with Crippen molar-refractivity contribution in [1.82, 2.24) is 20.3 Å². The molecular formula is C34H38N4O5. The Morgan fingerprint density at radius 3 is 2.16 bits per heavy atom. The molecule has 224 valence electrons. The second kappa shape index (κ2) is 10.3. The molecule has 3 aromatic rings. The molecule has 2 aliphatic heterocycles. The van der Waals surface area contributed by atoms with E-state index in [-0.39, 0.29) is 18.3 Å². The molecule has 1 saturated heterocycles. The van der Waals surface area contributed by atoms with E-state index in [0.717, 1.165) is 57.4 Å². The van der Waals surface area contributed by atoms with Crippen LogP contribution >= 0.6 is 0 Å². The summed E-state index contributed by atoms with van der Waals surface area (Å²) < 4.78 is 0. The average molecular weight is 583 g/mol. The van der Waals surface area contributed by atoms with Crippen molar-refractivity contribution >= 4 is 41.5 Å². The van der Waals surface area contributed by atoms with Gasteiger partial charge in [-0.15, -0.1) is 0 Å². The number of carboxylic acids is 2. The number of allylic oxidation sites excluding steroid dienone is 2. The number of carbonyl (C=O) groups is 3. The van der Waals surface area contributed by atoms with Crippen LogP contribution in [-0.2, 0) is 22.4 Å². The van der Waals surface area contributed by atoms with Crippen molar-refractivity contribution < 1.29 is 24.6 Å². The van der Waals surface area contributed by atoms with Gasteiger partial charge >= 0.3 is 11.9 Å². The molecule has 8 bridgehead atoms. The second-order valence-electron chi connectivity index (χ2n) is 12.0. The van der Waals surface area contributed by atoms with Gasteiger partial charge in [-0.2, -0.15) is 0 Å². The van der Waals surface area contributed by atoms with Gasteiger partial charge in [-0.1, -0.05) is 20.8 Å².